The zero-order chi connectivity index (χ0) is 15.5. The van der Waals surface area contributed by atoms with Gasteiger partial charge in [-0.3, -0.25) is 0 Å². The van der Waals surface area contributed by atoms with E-state index in [9.17, 15) is 13.2 Å². The number of ether oxygens (including phenoxy) is 1. The molecule has 1 aromatic heterocycles. The quantitative estimate of drug-likeness (QED) is 0.791. The Labute approximate surface area is 123 Å². The molecule has 0 amide bonds. The van der Waals surface area contributed by atoms with Crippen LogP contribution in [0.25, 0.3) is 11.1 Å². The molecule has 1 aromatic carbocycles. The van der Waals surface area contributed by atoms with Crippen molar-refractivity contribution in [2.24, 2.45) is 0 Å². The number of benzene rings is 1. The van der Waals surface area contributed by atoms with Crippen molar-refractivity contribution in [2.75, 3.05) is 0 Å². The molecule has 2 aromatic rings. The number of aromatic nitrogens is 1. The molecule has 21 heavy (non-hydrogen) atoms. The molecule has 0 atom stereocenters. The van der Waals surface area contributed by atoms with Gasteiger partial charge in [-0.15, -0.1) is 13.2 Å². The number of pyridine rings is 1. The fourth-order valence-corrected chi connectivity index (χ4v) is 2.00. The van der Waals surface area contributed by atoms with Gasteiger partial charge in [0.15, 0.2) is 0 Å². The number of nitrogens with zero attached hydrogens (tertiary/aromatic N) is 2. The molecular formula is C14H8ClF3N2O. The third-order valence-electron chi connectivity index (χ3n) is 2.60. The molecule has 0 radical (unpaired) electrons. The predicted octanol–water partition coefficient (Wildman–Crippen LogP) is 4.37. The molecule has 0 aliphatic heterocycles. The molecular weight excluding hydrogens is 305 g/mol. The molecule has 0 saturated carbocycles. The van der Waals surface area contributed by atoms with Crippen molar-refractivity contribution in [2.45, 2.75) is 12.8 Å². The molecule has 0 fully saturated rings. The molecule has 0 N–H and O–H groups in total. The van der Waals surface area contributed by atoms with E-state index in [4.69, 9.17) is 16.9 Å². The minimum Gasteiger partial charge on any atom is -0.406 e. The normalized spacial score (nSPS) is 11.0. The van der Waals surface area contributed by atoms with Gasteiger partial charge in [0, 0.05) is 11.8 Å². The van der Waals surface area contributed by atoms with E-state index in [0.717, 1.165) is 0 Å². The Balaban J connectivity index is 2.43. The first-order valence-corrected chi connectivity index (χ1v) is 6.14. The lowest BCUT2D eigenvalue weighted by molar-refractivity contribution is -0.274. The van der Waals surface area contributed by atoms with Crippen LogP contribution in [0.15, 0.2) is 36.5 Å². The predicted molar refractivity (Wildman–Crippen MR) is 70.7 cm³/mol. The van der Waals surface area contributed by atoms with E-state index in [1.807, 2.05) is 6.07 Å². The minimum absolute atomic E-state index is 0.0714. The van der Waals surface area contributed by atoms with E-state index in [1.54, 1.807) is 6.07 Å². The Kier molecular flexibility index (Phi) is 4.34. The fourth-order valence-electron chi connectivity index (χ4n) is 1.82. The molecule has 7 heteroatoms. The van der Waals surface area contributed by atoms with Crippen LogP contribution < -0.4 is 4.74 Å². The van der Waals surface area contributed by atoms with Gasteiger partial charge >= 0.3 is 6.36 Å². The zero-order valence-corrected chi connectivity index (χ0v) is 11.2. The highest BCUT2D eigenvalue weighted by atomic mass is 35.5. The molecule has 0 aliphatic carbocycles. The summed E-state index contributed by atoms with van der Waals surface area (Å²) in [6.07, 6.45) is -3.27. The van der Waals surface area contributed by atoms with Crippen molar-refractivity contribution in [3.63, 3.8) is 0 Å². The van der Waals surface area contributed by atoms with Crippen LogP contribution in [0.3, 0.4) is 0 Å². The van der Waals surface area contributed by atoms with Gasteiger partial charge in [0.1, 0.15) is 10.9 Å². The van der Waals surface area contributed by atoms with Gasteiger partial charge in [0.2, 0.25) is 0 Å². The first-order valence-electron chi connectivity index (χ1n) is 5.76. The van der Waals surface area contributed by atoms with Crippen molar-refractivity contribution < 1.29 is 17.9 Å². The summed E-state index contributed by atoms with van der Waals surface area (Å²) in [5.41, 5.74) is 1.58. The van der Waals surface area contributed by atoms with E-state index in [0.29, 0.717) is 16.7 Å². The van der Waals surface area contributed by atoms with E-state index in [2.05, 4.69) is 9.72 Å². The van der Waals surface area contributed by atoms with E-state index >= 15 is 0 Å². The lowest BCUT2D eigenvalue weighted by Crippen LogP contribution is -2.17. The Bertz CT molecular complexity index is 695. The summed E-state index contributed by atoms with van der Waals surface area (Å²) >= 11 is 5.76. The third-order valence-corrected chi connectivity index (χ3v) is 2.81. The summed E-state index contributed by atoms with van der Waals surface area (Å²) < 4.78 is 40.6. The number of hydrogen-bond donors (Lipinski definition) is 0. The number of halogens is 4. The van der Waals surface area contributed by atoms with Crippen molar-refractivity contribution in [1.29, 1.82) is 5.26 Å². The highest BCUT2D eigenvalue weighted by molar-refractivity contribution is 6.29. The second kappa shape index (κ2) is 6.02. The fraction of sp³-hybridized carbons (Fsp3) is 0.143. The van der Waals surface area contributed by atoms with E-state index in [1.165, 1.54) is 30.5 Å². The smallest absolute Gasteiger partial charge is 0.406 e. The summed E-state index contributed by atoms with van der Waals surface area (Å²) in [6, 6.07) is 8.96. The second-order valence-electron chi connectivity index (χ2n) is 4.07. The molecule has 0 spiro atoms. The van der Waals surface area contributed by atoms with Crippen LogP contribution in [-0.2, 0) is 6.42 Å². The zero-order valence-electron chi connectivity index (χ0n) is 10.5. The molecule has 1 heterocycles. The monoisotopic (exact) mass is 312 g/mol. The van der Waals surface area contributed by atoms with Crippen molar-refractivity contribution >= 4 is 11.6 Å². The molecule has 0 unspecified atom stereocenters. The molecule has 0 saturated heterocycles. The van der Waals surface area contributed by atoms with E-state index < -0.39 is 6.36 Å². The molecule has 0 bridgehead atoms. The van der Waals surface area contributed by atoms with Gasteiger partial charge in [-0.05, 0) is 29.3 Å². The van der Waals surface area contributed by atoms with Gasteiger partial charge in [-0.25, -0.2) is 4.98 Å². The van der Waals surface area contributed by atoms with Crippen molar-refractivity contribution in [1.82, 2.24) is 4.98 Å². The second-order valence-corrected chi connectivity index (χ2v) is 4.46. The average Bonchev–Trinajstić information content (AvgIpc) is 2.37. The van der Waals surface area contributed by atoms with Crippen LogP contribution >= 0.6 is 11.6 Å². The third kappa shape index (κ3) is 4.10. The van der Waals surface area contributed by atoms with Crippen molar-refractivity contribution in [3.05, 3.63) is 47.2 Å². The molecule has 108 valence electrons. The molecule has 2 rings (SSSR count). The van der Waals surface area contributed by atoms with Crippen LogP contribution in [0, 0.1) is 11.3 Å². The highest BCUT2D eigenvalue weighted by Crippen LogP contribution is 2.30. The first kappa shape index (κ1) is 15.1. The Hall–Kier alpha value is -2.26. The van der Waals surface area contributed by atoms with Crippen LogP contribution in [0.4, 0.5) is 13.2 Å². The van der Waals surface area contributed by atoms with Crippen LogP contribution in [0.5, 0.6) is 5.75 Å². The first-order chi connectivity index (χ1) is 9.89. The number of hydrogen-bond acceptors (Lipinski definition) is 3. The molecule has 3 nitrogen and oxygen atoms in total. The maximum absolute atomic E-state index is 12.2. The van der Waals surface area contributed by atoms with Gasteiger partial charge in [0.25, 0.3) is 0 Å². The summed E-state index contributed by atoms with van der Waals surface area (Å²) in [4.78, 5) is 3.90. The lowest BCUT2D eigenvalue weighted by Gasteiger charge is -2.11. The Morgan fingerprint density at radius 1 is 1.29 bits per heavy atom. The summed E-state index contributed by atoms with van der Waals surface area (Å²) in [6.45, 7) is 0. The van der Waals surface area contributed by atoms with Gasteiger partial charge < -0.3 is 4.74 Å². The maximum atomic E-state index is 12.2. The summed E-state index contributed by atoms with van der Waals surface area (Å²) in [5, 5.41) is 9.02. The topological polar surface area (TPSA) is 45.9 Å². The minimum atomic E-state index is -4.76. The number of alkyl halides is 3. The lowest BCUT2D eigenvalue weighted by atomic mass is 10.0. The SMILES string of the molecule is N#CCc1cc(Cl)ncc1-c1cccc(OC(F)(F)F)c1. The maximum Gasteiger partial charge on any atom is 0.573 e. The average molecular weight is 313 g/mol. The summed E-state index contributed by atoms with van der Waals surface area (Å²) in [7, 11) is 0. The van der Waals surface area contributed by atoms with Crippen LogP contribution in [0.1, 0.15) is 5.56 Å². The Morgan fingerprint density at radius 2 is 2.05 bits per heavy atom. The van der Waals surface area contributed by atoms with Crippen molar-refractivity contribution in [3.8, 4) is 22.9 Å². The van der Waals surface area contributed by atoms with E-state index in [-0.39, 0.29) is 17.3 Å². The highest BCUT2D eigenvalue weighted by Gasteiger charge is 2.31. The van der Waals surface area contributed by atoms with Gasteiger partial charge in [-0.1, -0.05) is 23.7 Å². The standard InChI is InChI=1S/C14H8ClF3N2O/c15-13-7-10(4-5-19)12(8-20-13)9-2-1-3-11(6-9)21-14(16,17)18/h1-3,6-8H,4H2. The van der Waals surface area contributed by atoms with Crippen LogP contribution in [-0.4, -0.2) is 11.3 Å². The van der Waals surface area contributed by atoms with Gasteiger partial charge in [-0.2, -0.15) is 5.26 Å². The molecule has 0 aliphatic rings. The van der Waals surface area contributed by atoms with Gasteiger partial charge in [0.05, 0.1) is 12.5 Å². The largest absolute Gasteiger partial charge is 0.573 e. The van der Waals surface area contributed by atoms with Crippen LogP contribution in [0.2, 0.25) is 5.15 Å². The Morgan fingerprint density at radius 3 is 2.71 bits per heavy atom. The number of rotatable bonds is 3. The summed E-state index contributed by atoms with van der Waals surface area (Å²) in [5.74, 6) is -0.335. The number of nitriles is 1.